The molecule has 4 nitrogen and oxygen atoms in total. The van der Waals surface area contributed by atoms with Gasteiger partial charge in [0, 0.05) is 11.8 Å². The summed E-state index contributed by atoms with van der Waals surface area (Å²) in [6, 6.07) is 14.4. The fraction of sp³-hybridized carbons (Fsp3) is 0. The Hall–Kier alpha value is -2.62. The largest absolute Gasteiger partial charge is 0.428 e. The second-order valence-electron chi connectivity index (χ2n) is 3.96. The molecule has 0 aliphatic carbocycles. The van der Waals surface area contributed by atoms with Crippen LogP contribution in [-0.2, 0) is 0 Å². The first kappa shape index (κ1) is 10.5. The summed E-state index contributed by atoms with van der Waals surface area (Å²) in [6.07, 6.45) is 1.48. The van der Waals surface area contributed by atoms with E-state index in [1.165, 1.54) is 6.20 Å². The Morgan fingerprint density at radius 3 is 2.61 bits per heavy atom. The van der Waals surface area contributed by atoms with Crippen molar-refractivity contribution in [3.05, 3.63) is 65.1 Å². The third-order valence-corrected chi connectivity index (χ3v) is 2.81. The van der Waals surface area contributed by atoms with Crippen LogP contribution in [0.3, 0.4) is 0 Å². The molecule has 0 saturated carbocycles. The van der Waals surface area contributed by atoms with E-state index in [-0.39, 0.29) is 5.56 Å². The highest BCUT2D eigenvalue weighted by molar-refractivity contribution is 5.69. The van der Waals surface area contributed by atoms with E-state index >= 15 is 0 Å². The Morgan fingerprint density at radius 1 is 1.06 bits per heavy atom. The predicted molar refractivity (Wildman–Crippen MR) is 67.7 cm³/mol. The number of hydrogen-bond acceptors (Lipinski definition) is 3. The molecule has 0 unspecified atom stereocenters. The zero-order valence-corrected chi connectivity index (χ0v) is 9.45. The van der Waals surface area contributed by atoms with Crippen LogP contribution in [0.15, 0.2) is 59.5 Å². The Labute approximate surface area is 103 Å². The lowest BCUT2D eigenvalue weighted by Gasteiger charge is -2.09. The van der Waals surface area contributed by atoms with Gasteiger partial charge in [0.15, 0.2) is 0 Å². The van der Waals surface area contributed by atoms with E-state index in [0.29, 0.717) is 17.0 Å². The minimum absolute atomic E-state index is 0.338. The summed E-state index contributed by atoms with van der Waals surface area (Å²) in [5.74, 6) is 0. The number of pyridine rings is 2. The third kappa shape index (κ3) is 1.64. The van der Waals surface area contributed by atoms with E-state index in [2.05, 4.69) is 4.98 Å². The second kappa shape index (κ2) is 4.00. The molecule has 2 heterocycles. The minimum atomic E-state index is -0.338. The summed E-state index contributed by atoms with van der Waals surface area (Å²) in [5, 5.41) is 9.72. The van der Waals surface area contributed by atoms with Crippen molar-refractivity contribution in [2.75, 3.05) is 0 Å². The van der Waals surface area contributed by atoms with Crippen LogP contribution in [0.5, 0.6) is 0 Å². The summed E-state index contributed by atoms with van der Waals surface area (Å²) >= 11 is 0. The van der Waals surface area contributed by atoms with Gasteiger partial charge in [-0.25, -0.2) is 4.98 Å². The first-order chi connectivity index (χ1) is 8.75. The van der Waals surface area contributed by atoms with Gasteiger partial charge in [0.25, 0.3) is 5.56 Å². The van der Waals surface area contributed by atoms with Gasteiger partial charge in [-0.1, -0.05) is 30.3 Å². The molecule has 0 saturated heterocycles. The summed E-state index contributed by atoms with van der Waals surface area (Å²) in [5.41, 5.74) is 1.92. The maximum absolute atomic E-state index is 11.9. The van der Waals surface area contributed by atoms with Crippen molar-refractivity contribution in [1.29, 1.82) is 0 Å². The molecular formula is C14H10N2O2. The van der Waals surface area contributed by atoms with Crippen LogP contribution in [0.2, 0.25) is 0 Å². The van der Waals surface area contributed by atoms with Gasteiger partial charge in [-0.2, -0.15) is 4.73 Å². The Bertz CT molecular complexity index is 720. The lowest BCUT2D eigenvalue weighted by molar-refractivity contribution is 0.189. The molecule has 0 bridgehead atoms. The molecule has 0 fully saturated rings. The maximum Gasteiger partial charge on any atom is 0.279 e. The lowest BCUT2D eigenvalue weighted by atomic mass is 10.1. The molecule has 88 valence electrons. The van der Waals surface area contributed by atoms with Crippen molar-refractivity contribution in [2.24, 2.45) is 0 Å². The van der Waals surface area contributed by atoms with Gasteiger partial charge >= 0.3 is 0 Å². The lowest BCUT2D eigenvalue weighted by Crippen LogP contribution is -2.14. The van der Waals surface area contributed by atoms with Crippen LogP contribution >= 0.6 is 0 Å². The Morgan fingerprint density at radius 2 is 1.83 bits per heavy atom. The standard InChI is InChI=1S/C14H10N2O2/c17-14-11-7-4-8-16(18)13(11)9-12(15-14)10-5-2-1-3-6-10/h1-9,18H. The van der Waals surface area contributed by atoms with Gasteiger partial charge in [-0.3, -0.25) is 4.79 Å². The van der Waals surface area contributed by atoms with Gasteiger partial charge in [0.05, 0.1) is 17.0 Å². The van der Waals surface area contributed by atoms with Crippen molar-refractivity contribution >= 4 is 0 Å². The van der Waals surface area contributed by atoms with E-state index < -0.39 is 0 Å². The quantitative estimate of drug-likeness (QED) is 0.661. The second-order valence-corrected chi connectivity index (χ2v) is 3.96. The molecule has 4 heteroatoms. The molecule has 0 radical (unpaired) electrons. The number of aromatic nitrogens is 2. The van der Waals surface area contributed by atoms with Gasteiger partial charge in [0.1, 0.15) is 0 Å². The zero-order chi connectivity index (χ0) is 12.5. The summed E-state index contributed by atoms with van der Waals surface area (Å²) < 4.78 is 0.935. The van der Waals surface area contributed by atoms with Crippen molar-refractivity contribution in [1.82, 2.24) is 9.71 Å². The van der Waals surface area contributed by atoms with Crippen molar-refractivity contribution in [2.45, 2.75) is 0 Å². The van der Waals surface area contributed by atoms with Crippen LogP contribution in [0.1, 0.15) is 0 Å². The highest BCUT2D eigenvalue weighted by Gasteiger charge is 2.13. The summed E-state index contributed by atoms with van der Waals surface area (Å²) in [4.78, 5) is 15.9. The fourth-order valence-electron chi connectivity index (χ4n) is 1.92. The molecule has 1 N–H and O–H groups in total. The van der Waals surface area contributed by atoms with Crippen molar-refractivity contribution in [3.8, 4) is 22.5 Å². The van der Waals surface area contributed by atoms with E-state index in [1.807, 2.05) is 30.3 Å². The topological polar surface area (TPSA) is 55.1 Å². The number of fused-ring (bicyclic) bond motifs is 1. The number of benzene rings is 1. The van der Waals surface area contributed by atoms with Gasteiger partial charge in [-0.05, 0) is 18.2 Å². The van der Waals surface area contributed by atoms with Gasteiger partial charge in [0.2, 0.25) is 0 Å². The van der Waals surface area contributed by atoms with Gasteiger partial charge < -0.3 is 5.21 Å². The summed E-state index contributed by atoms with van der Waals surface area (Å²) in [7, 11) is 0. The first-order valence-electron chi connectivity index (χ1n) is 5.53. The molecule has 2 aliphatic heterocycles. The molecule has 0 amide bonds. The average Bonchev–Trinajstić information content (AvgIpc) is 2.41. The van der Waals surface area contributed by atoms with Crippen LogP contribution in [0, 0.1) is 0 Å². The molecule has 0 atom stereocenters. The average molecular weight is 238 g/mol. The smallest absolute Gasteiger partial charge is 0.279 e. The van der Waals surface area contributed by atoms with E-state index in [9.17, 15) is 10.0 Å². The predicted octanol–water partition coefficient (Wildman–Crippen LogP) is 2.25. The fourth-order valence-corrected chi connectivity index (χ4v) is 1.92. The molecule has 3 rings (SSSR count). The monoisotopic (exact) mass is 238 g/mol. The zero-order valence-electron chi connectivity index (χ0n) is 9.45. The maximum atomic E-state index is 11.9. The van der Waals surface area contributed by atoms with Crippen LogP contribution in [-0.4, -0.2) is 14.9 Å². The third-order valence-electron chi connectivity index (χ3n) is 2.81. The molecule has 1 aromatic rings. The Kier molecular flexibility index (Phi) is 2.34. The Balaban J connectivity index is 2.31. The number of rotatable bonds is 1. The number of hydrogen-bond donors (Lipinski definition) is 1. The molecule has 1 aromatic carbocycles. The van der Waals surface area contributed by atoms with E-state index in [1.54, 1.807) is 18.2 Å². The van der Waals surface area contributed by atoms with E-state index in [4.69, 9.17) is 0 Å². The van der Waals surface area contributed by atoms with Crippen LogP contribution in [0.25, 0.3) is 22.5 Å². The molecule has 2 aliphatic rings. The van der Waals surface area contributed by atoms with Gasteiger partial charge in [-0.15, -0.1) is 0 Å². The molecule has 18 heavy (non-hydrogen) atoms. The highest BCUT2D eigenvalue weighted by atomic mass is 16.5. The van der Waals surface area contributed by atoms with Crippen LogP contribution < -0.4 is 5.56 Å². The highest BCUT2D eigenvalue weighted by Crippen LogP contribution is 2.22. The molecule has 0 spiro atoms. The minimum Gasteiger partial charge on any atom is -0.428 e. The van der Waals surface area contributed by atoms with Crippen molar-refractivity contribution < 1.29 is 5.21 Å². The molecular weight excluding hydrogens is 228 g/mol. The number of nitrogens with zero attached hydrogens (tertiary/aromatic N) is 2. The van der Waals surface area contributed by atoms with E-state index in [0.717, 1.165) is 10.3 Å². The SMILES string of the molecule is O=c1nc(-c2ccccc2)cc2n(O)cccc1-2. The van der Waals surface area contributed by atoms with Crippen molar-refractivity contribution in [3.63, 3.8) is 0 Å². The normalized spacial score (nSPS) is 10.7. The van der Waals surface area contributed by atoms with Crippen LogP contribution in [0.4, 0.5) is 0 Å². The first-order valence-corrected chi connectivity index (χ1v) is 5.53. The summed E-state index contributed by atoms with van der Waals surface area (Å²) in [6.45, 7) is 0. The molecule has 0 aromatic heterocycles.